The van der Waals surface area contributed by atoms with Crippen LogP contribution in [0.5, 0.6) is 11.5 Å². The molecular weight excluding hydrogens is 204 g/mol. The van der Waals surface area contributed by atoms with Crippen LogP contribution in [0.15, 0.2) is 18.2 Å². The summed E-state index contributed by atoms with van der Waals surface area (Å²) in [4.78, 5) is 0. The molecule has 4 nitrogen and oxygen atoms in total. The van der Waals surface area contributed by atoms with Gasteiger partial charge in [-0.1, -0.05) is 0 Å². The first-order chi connectivity index (χ1) is 7.83. The zero-order valence-electron chi connectivity index (χ0n) is 9.75. The fourth-order valence-corrected chi connectivity index (χ4v) is 1.94. The predicted octanol–water partition coefficient (Wildman–Crippen LogP) is 1.48. The monoisotopic (exact) mass is 222 g/mol. The number of rotatable bonds is 4. The zero-order chi connectivity index (χ0) is 11.4. The Morgan fingerprint density at radius 1 is 1.25 bits per heavy atom. The maximum atomic E-state index is 5.26. The number of benzene rings is 1. The fourth-order valence-electron chi connectivity index (χ4n) is 1.94. The lowest BCUT2D eigenvalue weighted by Crippen LogP contribution is -2.21. The molecule has 0 radical (unpaired) electrons. The van der Waals surface area contributed by atoms with E-state index in [0.29, 0.717) is 6.04 Å². The van der Waals surface area contributed by atoms with Gasteiger partial charge >= 0.3 is 0 Å². The number of anilines is 1. The maximum absolute atomic E-state index is 5.26. The molecule has 88 valence electrons. The minimum Gasteiger partial charge on any atom is -0.493 e. The molecule has 0 saturated carbocycles. The van der Waals surface area contributed by atoms with Crippen LogP contribution in [0.25, 0.3) is 0 Å². The first-order valence-corrected chi connectivity index (χ1v) is 5.53. The number of hydrogen-bond acceptors (Lipinski definition) is 4. The molecule has 0 aliphatic carbocycles. The van der Waals surface area contributed by atoms with Gasteiger partial charge in [0.2, 0.25) is 0 Å². The van der Waals surface area contributed by atoms with E-state index in [1.54, 1.807) is 14.2 Å². The van der Waals surface area contributed by atoms with Crippen molar-refractivity contribution >= 4 is 5.69 Å². The molecule has 0 spiro atoms. The molecule has 1 aromatic rings. The molecule has 1 aromatic carbocycles. The van der Waals surface area contributed by atoms with E-state index >= 15 is 0 Å². The first-order valence-electron chi connectivity index (χ1n) is 5.53. The van der Waals surface area contributed by atoms with Crippen LogP contribution in [0.4, 0.5) is 5.69 Å². The summed E-state index contributed by atoms with van der Waals surface area (Å²) in [6.07, 6.45) is 1.16. The lowest BCUT2D eigenvalue weighted by molar-refractivity contribution is 0.355. The minimum absolute atomic E-state index is 0.512. The van der Waals surface area contributed by atoms with E-state index in [1.165, 1.54) is 0 Å². The summed E-state index contributed by atoms with van der Waals surface area (Å²) in [5.74, 6) is 1.52. The molecule has 0 bridgehead atoms. The molecule has 16 heavy (non-hydrogen) atoms. The molecule has 4 heteroatoms. The standard InChI is InChI=1S/C12H18N2O2/c1-15-11-4-3-9(7-12(11)16-2)14-10-5-6-13-8-10/h3-4,7,10,13-14H,5-6,8H2,1-2H3. The molecule has 0 aromatic heterocycles. The van der Waals surface area contributed by atoms with Crippen molar-refractivity contribution in [2.45, 2.75) is 12.5 Å². The lowest BCUT2D eigenvalue weighted by atomic mass is 10.2. The summed E-state index contributed by atoms with van der Waals surface area (Å²) in [5, 5.41) is 6.79. The van der Waals surface area contributed by atoms with Gasteiger partial charge in [-0.2, -0.15) is 0 Å². The Morgan fingerprint density at radius 2 is 2.06 bits per heavy atom. The molecule has 0 amide bonds. The van der Waals surface area contributed by atoms with E-state index in [2.05, 4.69) is 10.6 Å². The van der Waals surface area contributed by atoms with Crippen LogP contribution in [0.3, 0.4) is 0 Å². The summed E-state index contributed by atoms with van der Waals surface area (Å²) in [5.41, 5.74) is 1.08. The van der Waals surface area contributed by atoms with Gasteiger partial charge in [0.15, 0.2) is 11.5 Å². The molecule has 1 aliphatic rings. The van der Waals surface area contributed by atoms with Crippen molar-refractivity contribution in [2.24, 2.45) is 0 Å². The van der Waals surface area contributed by atoms with E-state index in [0.717, 1.165) is 36.7 Å². The smallest absolute Gasteiger partial charge is 0.162 e. The molecule has 1 unspecified atom stereocenters. The van der Waals surface area contributed by atoms with Crippen LogP contribution in [0, 0.1) is 0 Å². The second kappa shape index (κ2) is 5.07. The van der Waals surface area contributed by atoms with Crippen molar-refractivity contribution in [3.8, 4) is 11.5 Å². The van der Waals surface area contributed by atoms with E-state index in [-0.39, 0.29) is 0 Å². The van der Waals surface area contributed by atoms with Crippen molar-refractivity contribution in [3.05, 3.63) is 18.2 Å². The number of hydrogen-bond donors (Lipinski definition) is 2. The highest BCUT2D eigenvalue weighted by Crippen LogP contribution is 2.30. The van der Waals surface area contributed by atoms with Gasteiger partial charge in [0.25, 0.3) is 0 Å². The summed E-state index contributed by atoms with van der Waals surface area (Å²) < 4.78 is 10.5. The van der Waals surface area contributed by atoms with Gasteiger partial charge in [0.05, 0.1) is 14.2 Å². The Morgan fingerprint density at radius 3 is 2.69 bits per heavy atom. The summed E-state index contributed by atoms with van der Waals surface area (Å²) >= 11 is 0. The zero-order valence-corrected chi connectivity index (χ0v) is 9.75. The van der Waals surface area contributed by atoms with Crippen LogP contribution in [0.1, 0.15) is 6.42 Å². The Labute approximate surface area is 95.9 Å². The molecule has 2 N–H and O–H groups in total. The number of nitrogens with one attached hydrogen (secondary N) is 2. The first kappa shape index (κ1) is 11.1. The molecule has 1 fully saturated rings. The van der Waals surface area contributed by atoms with E-state index in [4.69, 9.17) is 9.47 Å². The third-order valence-electron chi connectivity index (χ3n) is 2.81. The highest BCUT2D eigenvalue weighted by molar-refractivity contribution is 5.55. The molecule has 1 heterocycles. The maximum Gasteiger partial charge on any atom is 0.162 e. The van der Waals surface area contributed by atoms with Crippen molar-refractivity contribution < 1.29 is 9.47 Å². The molecular formula is C12H18N2O2. The van der Waals surface area contributed by atoms with Gasteiger partial charge in [-0.3, -0.25) is 0 Å². The largest absolute Gasteiger partial charge is 0.493 e. The average Bonchev–Trinajstić information content (AvgIpc) is 2.81. The molecule has 1 aliphatic heterocycles. The summed E-state index contributed by atoms with van der Waals surface area (Å²) in [7, 11) is 3.30. The lowest BCUT2D eigenvalue weighted by Gasteiger charge is -2.15. The minimum atomic E-state index is 0.512. The van der Waals surface area contributed by atoms with E-state index < -0.39 is 0 Å². The Balaban J connectivity index is 2.09. The highest BCUT2D eigenvalue weighted by atomic mass is 16.5. The van der Waals surface area contributed by atoms with Crippen molar-refractivity contribution in [1.29, 1.82) is 0 Å². The third kappa shape index (κ3) is 2.39. The van der Waals surface area contributed by atoms with Gasteiger partial charge in [-0.05, 0) is 25.1 Å². The predicted molar refractivity (Wildman–Crippen MR) is 64.4 cm³/mol. The summed E-state index contributed by atoms with van der Waals surface area (Å²) in [6.45, 7) is 2.11. The van der Waals surface area contributed by atoms with Crippen molar-refractivity contribution in [2.75, 3.05) is 32.6 Å². The molecule has 2 rings (SSSR count). The second-order valence-corrected chi connectivity index (χ2v) is 3.90. The Hall–Kier alpha value is -1.42. The topological polar surface area (TPSA) is 42.5 Å². The average molecular weight is 222 g/mol. The van der Waals surface area contributed by atoms with E-state index in [1.807, 2.05) is 18.2 Å². The van der Waals surface area contributed by atoms with Crippen LogP contribution >= 0.6 is 0 Å². The fraction of sp³-hybridized carbons (Fsp3) is 0.500. The molecule has 1 atom stereocenters. The SMILES string of the molecule is COc1ccc(NC2CCNC2)cc1OC. The van der Waals surface area contributed by atoms with Gasteiger partial charge in [0.1, 0.15) is 0 Å². The van der Waals surface area contributed by atoms with Gasteiger partial charge in [-0.15, -0.1) is 0 Å². The number of methoxy groups -OCH3 is 2. The van der Waals surface area contributed by atoms with Gasteiger partial charge in [0, 0.05) is 24.3 Å². The quantitative estimate of drug-likeness (QED) is 0.809. The van der Waals surface area contributed by atoms with Crippen molar-refractivity contribution in [1.82, 2.24) is 5.32 Å². The van der Waals surface area contributed by atoms with Gasteiger partial charge < -0.3 is 20.1 Å². The normalized spacial score (nSPS) is 19.5. The Kier molecular flexibility index (Phi) is 3.51. The Bertz CT molecular complexity index is 349. The van der Waals surface area contributed by atoms with Crippen LogP contribution in [-0.4, -0.2) is 33.4 Å². The third-order valence-corrected chi connectivity index (χ3v) is 2.81. The highest BCUT2D eigenvalue weighted by Gasteiger charge is 2.14. The molecule has 1 saturated heterocycles. The van der Waals surface area contributed by atoms with Crippen LogP contribution in [-0.2, 0) is 0 Å². The second-order valence-electron chi connectivity index (χ2n) is 3.90. The van der Waals surface area contributed by atoms with Crippen molar-refractivity contribution in [3.63, 3.8) is 0 Å². The van der Waals surface area contributed by atoms with Crippen LogP contribution < -0.4 is 20.1 Å². The summed E-state index contributed by atoms with van der Waals surface area (Å²) in [6, 6.07) is 6.42. The van der Waals surface area contributed by atoms with Gasteiger partial charge in [-0.25, -0.2) is 0 Å². The number of ether oxygens (including phenoxy) is 2. The van der Waals surface area contributed by atoms with Crippen LogP contribution in [0.2, 0.25) is 0 Å². The van der Waals surface area contributed by atoms with E-state index in [9.17, 15) is 0 Å².